The molecule has 0 saturated carbocycles. The molecule has 3 aromatic carbocycles. The molecule has 0 aliphatic rings. The summed E-state index contributed by atoms with van der Waals surface area (Å²) in [6.07, 6.45) is 2.07. The van der Waals surface area contributed by atoms with Gasteiger partial charge in [0.1, 0.15) is 12.4 Å². The molecule has 1 amide bonds. The number of anilines is 1. The molecule has 3 rings (SSSR count). The molecular weight excluding hydrogens is 495 g/mol. The summed E-state index contributed by atoms with van der Waals surface area (Å²) in [5.41, 5.74) is 2.68. The third kappa shape index (κ3) is 6.88. The molecule has 34 heavy (non-hydrogen) atoms. The summed E-state index contributed by atoms with van der Waals surface area (Å²) in [6, 6.07) is 19.4. The number of ether oxygens (including phenoxy) is 1. The van der Waals surface area contributed by atoms with Gasteiger partial charge in [0.25, 0.3) is 5.91 Å². The average molecular weight is 521 g/mol. The Labute approximate surface area is 210 Å². The van der Waals surface area contributed by atoms with Crippen molar-refractivity contribution >= 4 is 44.8 Å². The second-order valence-electron chi connectivity index (χ2n) is 7.64. The van der Waals surface area contributed by atoms with Crippen molar-refractivity contribution in [3.05, 3.63) is 93.5 Å². The van der Waals surface area contributed by atoms with E-state index < -0.39 is 10.0 Å². The van der Waals surface area contributed by atoms with Crippen molar-refractivity contribution in [2.24, 2.45) is 0 Å². The van der Waals surface area contributed by atoms with Gasteiger partial charge in [-0.05, 0) is 53.9 Å². The standard InChI is InChI=1S/C25H26Cl2N2O4S/c1-3-18-9-13-21(14-10-18)33-16-15-28-25(30)20-11-7-19(8-12-20)17-29(34(2,31)32)23-6-4-5-22(26)24(23)27/h4-14H,3,15-17H2,1-2H3,(H,28,30). The second kappa shape index (κ2) is 11.6. The number of rotatable bonds is 10. The lowest BCUT2D eigenvalue weighted by atomic mass is 10.1. The molecule has 0 unspecified atom stereocenters. The molecule has 0 aliphatic carbocycles. The van der Waals surface area contributed by atoms with Crippen molar-refractivity contribution in [1.82, 2.24) is 5.32 Å². The maximum absolute atomic E-state index is 12.4. The predicted molar refractivity (Wildman–Crippen MR) is 138 cm³/mol. The molecule has 6 nitrogen and oxygen atoms in total. The molecular formula is C25H26Cl2N2O4S. The van der Waals surface area contributed by atoms with Gasteiger partial charge in [0.05, 0.1) is 35.1 Å². The predicted octanol–water partition coefficient (Wildman–Crippen LogP) is 5.33. The fraction of sp³-hybridized carbons (Fsp3) is 0.240. The molecule has 0 atom stereocenters. The Balaban J connectivity index is 1.58. The summed E-state index contributed by atoms with van der Waals surface area (Å²) in [5.74, 6) is 0.514. The Morgan fingerprint density at radius 2 is 1.62 bits per heavy atom. The van der Waals surface area contributed by atoms with Gasteiger partial charge in [-0.3, -0.25) is 9.10 Å². The molecule has 0 heterocycles. The molecule has 0 spiro atoms. The van der Waals surface area contributed by atoms with E-state index in [0.717, 1.165) is 18.4 Å². The normalized spacial score (nSPS) is 11.2. The highest BCUT2D eigenvalue weighted by molar-refractivity contribution is 7.92. The first-order chi connectivity index (χ1) is 16.2. The van der Waals surface area contributed by atoms with Crippen LogP contribution in [0.1, 0.15) is 28.4 Å². The van der Waals surface area contributed by atoms with E-state index in [1.807, 2.05) is 24.3 Å². The molecule has 180 valence electrons. The smallest absolute Gasteiger partial charge is 0.251 e. The van der Waals surface area contributed by atoms with Crippen LogP contribution in [0.15, 0.2) is 66.7 Å². The van der Waals surface area contributed by atoms with Gasteiger partial charge >= 0.3 is 0 Å². The molecule has 3 aromatic rings. The minimum atomic E-state index is -3.63. The summed E-state index contributed by atoms with van der Waals surface area (Å²) in [6.45, 7) is 2.84. The van der Waals surface area contributed by atoms with Gasteiger partial charge < -0.3 is 10.1 Å². The number of amides is 1. The Kier molecular flexibility index (Phi) is 8.83. The number of hydrogen-bond acceptors (Lipinski definition) is 4. The van der Waals surface area contributed by atoms with E-state index in [-0.39, 0.29) is 22.5 Å². The number of nitrogens with zero attached hydrogens (tertiary/aromatic N) is 1. The van der Waals surface area contributed by atoms with E-state index in [1.54, 1.807) is 42.5 Å². The number of aryl methyl sites for hydroxylation is 1. The van der Waals surface area contributed by atoms with Gasteiger partial charge in [-0.15, -0.1) is 0 Å². The number of sulfonamides is 1. The zero-order valence-electron chi connectivity index (χ0n) is 18.9. The summed E-state index contributed by atoms with van der Waals surface area (Å²) < 4.78 is 31.6. The van der Waals surface area contributed by atoms with Crippen LogP contribution < -0.4 is 14.4 Å². The minimum absolute atomic E-state index is 0.0471. The van der Waals surface area contributed by atoms with E-state index >= 15 is 0 Å². The van der Waals surface area contributed by atoms with Gasteiger partial charge in [-0.2, -0.15) is 0 Å². The van der Waals surface area contributed by atoms with Crippen LogP contribution in [0.5, 0.6) is 5.75 Å². The lowest BCUT2D eigenvalue weighted by Crippen LogP contribution is -2.30. The number of carbonyl (C=O) groups excluding carboxylic acids is 1. The van der Waals surface area contributed by atoms with Gasteiger partial charge in [-0.25, -0.2) is 8.42 Å². The van der Waals surface area contributed by atoms with Crippen LogP contribution in [0.25, 0.3) is 0 Å². The minimum Gasteiger partial charge on any atom is -0.492 e. The number of nitrogens with one attached hydrogen (secondary N) is 1. The van der Waals surface area contributed by atoms with Crippen molar-refractivity contribution in [3.8, 4) is 5.75 Å². The van der Waals surface area contributed by atoms with Crippen molar-refractivity contribution in [1.29, 1.82) is 0 Å². The van der Waals surface area contributed by atoms with Crippen molar-refractivity contribution < 1.29 is 17.9 Å². The molecule has 0 aromatic heterocycles. The summed E-state index contributed by atoms with van der Waals surface area (Å²) in [7, 11) is -3.63. The number of carbonyl (C=O) groups is 1. The van der Waals surface area contributed by atoms with E-state index in [4.69, 9.17) is 27.9 Å². The first-order valence-corrected chi connectivity index (χ1v) is 13.3. The summed E-state index contributed by atoms with van der Waals surface area (Å²) in [4.78, 5) is 12.4. The molecule has 1 N–H and O–H groups in total. The molecule has 0 saturated heterocycles. The topological polar surface area (TPSA) is 75.7 Å². The van der Waals surface area contributed by atoms with Crippen LogP contribution in [-0.4, -0.2) is 33.7 Å². The van der Waals surface area contributed by atoms with Crippen molar-refractivity contribution in [2.45, 2.75) is 19.9 Å². The van der Waals surface area contributed by atoms with E-state index in [2.05, 4.69) is 12.2 Å². The molecule has 0 aliphatic heterocycles. The lowest BCUT2D eigenvalue weighted by molar-refractivity contribution is 0.0947. The first kappa shape index (κ1) is 25.9. The van der Waals surface area contributed by atoms with Crippen LogP contribution in [0.4, 0.5) is 5.69 Å². The Morgan fingerprint density at radius 1 is 0.971 bits per heavy atom. The average Bonchev–Trinajstić information content (AvgIpc) is 2.82. The molecule has 0 radical (unpaired) electrons. The van der Waals surface area contributed by atoms with E-state index in [1.165, 1.54) is 9.87 Å². The summed E-state index contributed by atoms with van der Waals surface area (Å²) in [5, 5.41) is 3.24. The van der Waals surface area contributed by atoms with Crippen LogP contribution in [0.2, 0.25) is 10.0 Å². The van der Waals surface area contributed by atoms with Crippen LogP contribution in [0, 0.1) is 0 Å². The van der Waals surface area contributed by atoms with Crippen molar-refractivity contribution in [2.75, 3.05) is 23.7 Å². The highest BCUT2D eigenvalue weighted by atomic mass is 35.5. The molecule has 0 fully saturated rings. The highest BCUT2D eigenvalue weighted by Crippen LogP contribution is 2.34. The van der Waals surface area contributed by atoms with E-state index in [9.17, 15) is 13.2 Å². The third-order valence-corrected chi connectivity index (χ3v) is 7.07. The van der Waals surface area contributed by atoms with Crippen molar-refractivity contribution in [3.63, 3.8) is 0 Å². The SMILES string of the molecule is CCc1ccc(OCCNC(=O)c2ccc(CN(c3cccc(Cl)c3Cl)S(C)(=O)=O)cc2)cc1. The third-order valence-electron chi connectivity index (χ3n) is 5.13. The van der Waals surface area contributed by atoms with E-state index in [0.29, 0.717) is 30.0 Å². The number of hydrogen-bond donors (Lipinski definition) is 1. The lowest BCUT2D eigenvalue weighted by Gasteiger charge is -2.24. The van der Waals surface area contributed by atoms with Gasteiger partial charge in [0, 0.05) is 5.56 Å². The van der Waals surface area contributed by atoms with Gasteiger partial charge in [-0.1, -0.05) is 60.5 Å². The van der Waals surface area contributed by atoms with Crippen LogP contribution in [0.3, 0.4) is 0 Å². The fourth-order valence-electron chi connectivity index (χ4n) is 3.25. The van der Waals surface area contributed by atoms with Gasteiger partial charge in [0.15, 0.2) is 0 Å². The Morgan fingerprint density at radius 3 is 2.24 bits per heavy atom. The number of benzene rings is 3. The maximum atomic E-state index is 12.4. The Bertz CT molecular complexity index is 1230. The zero-order chi connectivity index (χ0) is 24.7. The Hall–Kier alpha value is -2.74. The largest absolute Gasteiger partial charge is 0.492 e. The maximum Gasteiger partial charge on any atom is 0.251 e. The van der Waals surface area contributed by atoms with Crippen LogP contribution >= 0.6 is 23.2 Å². The first-order valence-electron chi connectivity index (χ1n) is 10.7. The van der Waals surface area contributed by atoms with Gasteiger partial charge in [0.2, 0.25) is 10.0 Å². The summed E-state index contributed by atoms with van der Waals surface area (Å²) >= 11 is 12.3. The highest BCUT2D eigenvalue weighted by Gasteiger charge is 2.21. The molecule has 0 bridgehead atoms. The number of halogens is 2. The van der Waals surface area contributed by atoms with Crippen LogP contribution in [-0.2, 0) is 23.0 Å². The quantitative estimate of drug-likeness (QED) is 0.366. The molecule has 9 heteroatoms. The monoisotopic (exact) mass is 520 g/mol. The fourth-order valence-corrected chi connectivity index (χ4v) is 4.59. The zero-order valence-corrected chi connectivity index (χ0v) is 21.3. The second-order valence-corrected chi connectivity index (χ2v) is 10.3.